The molecule has 1 aliphatic heterocycles. The van der Waals surface area contributed by atoms with Crippen LogP contribution in [0.1, 0.15) is 53.3 Å². The summed E-state index contributed by atoms with van der Waals surface area (Å²) in [5.74, 6) is -1.04. The van der Waals surface area contributed by atoms with Crippen molar-refractivity contribution < 1.29 is 22.2 Å². The van der Waals surface area contributed by atoms with Crippen LogP contribution in [0.2, 0.25) is 0 Å². The van der Waals surface area contributed by atoms with Crippen LogP contribution >= 0.6 is 0 Å². The molecular weight excluding hydrogens is 457 g/mol. The lowest BCUT2D eigenvalue weighted by molar-refractivity contribution is -0.138. The monoisotopic (exact) mass is 482 g/mol. The summed E-state index contributed by atoms with van der Waals surface area (Å²) >= 11 is 0. The lowest BCUT2D eigenvalue weighted by Crippen LogP contribution is -2.63. The molecule has 5 rings (SSSR count). The molecule has 3 heterocycles. The lowest BCUT2D eigenvalue weighted by atomic mass is 9.56. The molecule has 8 nitrogen and oxygen atoms in total. The van der Waals surface area contributed by atoms with Crippen LogP contribution in [0.5, 0.6) is 0 Å². The van der Waals surface area contributed by atoms with Crippen molar-refractivity contribution >= 4 is 21.3 Å². The molecule has 1 unspecified atom stereocenters. The quantitative estimate of drug-likeness (QED) is 0.584. The number of nitrogens with zero attached hydrogens (tertiary/aromatic N) is 3. The Morgan fingerprint density at radius 1 is 1.36 bits per heavy atom. The number of amides is 1. The number of halogens is 3. The van der Waals surface area contributed by atoms with E-state index in [0.29, 0.717) is 12.8 Å². The maximum atomic E-state index is 14.2. The van der Waals surface area contributed by atoms with Gasteiger partial charge in [0.05, 0.1) is 15.4 Å². The van der Waals surface area contributed by atoms with Gasteiger partial charge in [-0.25, -0.2) is 14.0 Å². The topological polar surface area (TPSA) is 113 Å². The minimum absolute atomic E-state index is 0.0501. The number of carbonyl (C=O) groups excluding carboxylic acids is 1. The summed E-state index contributed by atoms with van der Waals surface area (Å²) in [6, 6.07) is 2.65. The normalized spacial score (nSPS) is 23.5. The van der Waals surface area contributed by atoms with E-state index in [1.807, 2.05) is 0 Å². The van der Waals surface area contributed by atoms with Gasteiger partial charge in [0.1, 0.15) is 16.3 Å². The van der Waals surface area contributed by atoms with Gasteiger partial charge in [0.25, 0.3) is 5.91 Å². The summed E-state index contributed by atoms with van der Waals surface area (Å²) in [6.07, 6.45) is 0.899. The molecule has 12 heteroatoms. The molecule has 0 aromatic carbocycles. The molecule has 1 saturated heterocycles. The molecule has 0 radical (unpaired) electrons. The largest absolute Gasteiger partial charge is 0.420 e. The minimum atomic E-state index is -4.72. The first kappa shape index (κ1) is 22.3. The fraction of sp³-hybridized carbons (Fsp3) is 0.571. The molecule has 2 atom stereocenters. The first-order valence-corrected chi connectivity index (χ1v) is 12.8. The van der Waals surface area contributed by atoms with Gasteiger partial charge in [0, 0.05) is 43.7 Å². The zero-order valence-electron chi connectivity index (χ0n) is 18.0. The van der Waals surface area contributed by atoms with Crippen molar-refractivity contribution in [3.8, 4) is 0 Å². The van der Waals surface area contributed by atoms with E-state index in [9.17, 15) is 22.2 Å². The Kier molecular flexibility index (Phi) is 5.09. The Morgan fingerprint density at radius 2 is 2.09 bits per heavy atom. The van der Waals surface area contributed by atoms with E-state index in [1.165, 1.54) is 29.3 Å². The van der Waals surface area contributed by atoms with Crippen molar-refractivity contribution in [2.75, 3.05) is 24.7 Å². The first-order chi connectivity index (χ1) is 15.5. The smallest absolute Gasteiger partial charge is 0.320 e. The Hall–Kier alpha value is -2.47. The summed E-state index contributed by atoms with van der Waals surface area (Å²) in [6.45, 7) is 1.94. The number of anilines is 1. The van der Waals surface area contributed by atoms with Gasteiger partial charge in [-0.3, -0.25) is 9.48 Å². The maximum Gasteiger partial charge on any atom is 0.420 e. The molecule has 2 aromatic rings. The fourth-order valence-electron chi connectivity index (χ4n) is 4.82. The van der Waals surface area contributed by atoms with Crippen LogP contribution in [-0.4, -0.2) is 44.2 Å². The molecule has 33 heavy (non-hydrogen) atoms. The van der Waals surface area contributed by atoms with Gasteiger partial charge < -0.3 is 10.6 Å². The standard InChI is InChI=1S/C21H25F3N6O2S/c1-33(25,32)15-8-14(5-7-27-15)28-19(31)18-16(21(22,23)24)17(12-2-3-12)29-30(18)9-13-4-6-20(13)10-26-11-20/h5,7-8,12-13,25-26H,2-4,6,9-11H2,1H3,(H,27,28,31)/t13?,33-/m0/s1. The predicted octanol–water partition coefficient (Wildman–Crippen LogP) is 3.46. The van der Waals surface area contributed by atoms with Crippen LogP contribution in [0.25, 0.3) is 0 Å². The Bertz CT molecular complexity index is 1210. The molecule has 2 aliphatic carbocycles. The van der Waals surface area contributed by atoms with E-state index in [1.54, 1.807) is 0 Å². The van der Waals surface area contributed by atoms with Gasteiger partial charge in [-0.15, -0.1) is 0 Å². The number of rotatable bonds is 6. The van der Waals surface area contributed by atoms with Crippen molar-refractivity contribution in [1.29, 1.82) is 4.78 Å². The third-order valence-corrected chi connectivity index (χ3v) is 8.06. The maximum absolute atomic E-state index is 14.2. The molecule has 0 bridgehead atoms. The number of nitrogens with one attached hydrogen (secondary N) is 3. The van der Waals surface area contributed by atoms with Gasteiger partial charge >= 0.3 is 6.18 Å². The summed E-state index contributed by atoms with van der Waals surface area (Å²) < 4.78 is 63.5. The number of pyridine rings is 1. The number of hydrogen-bond acceptors (Lipinski definition) is 6. The van der Waals surface area contributed by atoms with Crippen LogP contribution < -0.4 is 10.6 Å². The predicted molar refractivity (Wildman–Crippen MR) is 114 cm³/mol. The number of aromatic nitrogens is 3. The van der Waals surface area contributed by atoms with E-state index in [2.05, 4.69) is 20.7 Å². The highest BCUT2D eigenvalue weighted by Gasteiger charge is 2.52. The van der Waals surface area contributed by atoms with Crippen molar-refractivity contribution in [1.82, 2.24) is 20.1 Å². The SMILES string of the molecule is C[S@](=N)(=O)c1cc(NC(=O)c2c(C(F)(F)F)c(C3CC3)nn2CC2CCC23CNC3)ccn1. The molecule has 1 amide bonds. The van der Waals surface area contributed by atoms with Crippen LogP contribution in [-0.2, 0) is 22.5 Å². The highest BCUT2D eigenvalue weighted by Crippen LogP contribution is 2.51. The van der Waals surface area contributed by atoms with Crippen LogP contribution in [0.4, 0.5) is 18.9 Å². The van der Waals surface area contributed by atoms with Gasteiger partial charge in [-0.1, -0.05) is 0 Å². The van der Waals surface area contributed by atoms with Gasteiger partial charge in [0.2, 0.25) is 0 Å². The Balaban J connectivity index is 1.52. The van der Waals surface area contributed by atoms with Crippen LogP contribution in [0, 0.1) is 16.1 Å². The number of alkyl halides is 3. The zero-order valence-corrected chi connectivity index (χ0v) is 18.9. The van der Waals surface area contributed by atoms with E-state index < -0.39 is 33.1 Å². The average molecular weight is 483 g/mol. The van der Waals surface area contributed by atoms with Gasteiger partial charge in [-0.05, 0) is 49.1 Å². The molecule has 2 aromatic heterocycles. The summed E-state index contributed by atoms with van der Waals surface area (Å²) in [7, 11) is -3.15. The lowest BCUT2D eigenvalue weighted by Gasteiger charge is -2.56. The first-order valence-electron chi connectivity index (χ1n) is 10.9. The van der Waals surface area contributed by atoms with E-state index in [4.69, 9.17) is 4.78 Å². The second-order valence-electron chi connectivity index (χ2n) is 9.45. The third-order valence-electron chi connectivity index (χ3n) is 7.04. The highest BCUT2D eigenvalue weighted by atomic mass is 32.2. The van der Waals surface area contributed by atoms with Crippen molar-refractivity contribution in [3.63, 3.8) is 0 Å². The average Bonchev–Trinajstić information content (AvgIpc) is 3.43. The van der Waals surface area contributed by atoms with E-state index in [-0.39, 0.29) is 40.2 Å². The molecule has 3 N–H and O–H groups in total. The number of hydrogen-bond donors (Lipinski definition) is 3. The molecule has 178 valence electrons. The molecule has 3 fully saturated rings. The van der Waals surface area contributed by atoms with Crippen molar-refractivity contribution in [2.24, 2.45) is 11.3 Å². The van der Waals surface area contributed by atoms with Crippen molar-refractivity contribution in [3.05, 3.63) is 35.3 Å². The second kappa shape index (κ2) is 7.52. The summed E-state index contributed by atoms with van der Waals surface area (Å²) in [5.41, 5.74) is -1.28. The summed E-state index contributed by atoms with van der Waals surface area (Å²) in [5, 5.41) is 10.0. The van der Waals surface area contributed by atoms with E-state index >= 15 is 0 Å². The van der Waals surface area contributed by atoms with Crippen LogP contribution in [0.15, 0.2) is 23.4 Å². The molecule has 1 spiro atoms. The fourth-order valence-corrected chi connectivity index (χ4v) is 5.43. The van der Waals surface area contributed by atoms with Gasteiger partial charge in [0.15, 0.2) is 0 Å². The number of carbonyl (C=O) groups is 1. The highest BCUT2D eigenvalue weighted by molar-refractivity contribution is 7.91. The molecular formula is C21H25F3N6O2S. The van der Waals surface area contributed by atoms with Crippen molar-refractivity contribution in [2.45, 2.75) is 49.3 Å². The minimum Gasteiger partial charge on any atom is -0.320 e. The third kappa shape index (κ3) is 4.03. The van der Waals surface area contributed by atoms with E-state index in [0.717, 1.165) is 25.9 Å². The Labute approximate surface area is 189 Å². The Morgan fingerprint density at radius 3 is 2.61 bits per heavy atom. The summed E-state index contributed by atoms with van der Waals surface area (Å²) in [4.78, 5) is 17.1. The van der Waals surface area contributed by atoms with Gasteiger partial charge in [-0.2, -0.15) is 18.3 Å². The molecule has 3 aliphatic rings. The second-order valence-corrected chi connectivity index (χ2v) is 11.6. The molecule has 2 saturated carbocycles. The van der Waals surface area contributed by atoms with Crippen LogP contribution in [0.3, 0.4) is 0 Å². The zero-order chi connectivity index (χ0) is 23.6.